The molecule has 0 aromatic rings. The standard InChI is InChI=1S/C12H22N2O2/c1-10(12(15)16)14-13-9-5-8-11-6-3-2-4-7-11/h11,13H,2-9H2,1H3,(H,15,16). The molecule has 0 heterocycles. The van der Waals surface area contributed by atoms with Gasteiger partial charge in [-0.3, -0.25) is 0 Å². The van der Waals surface area contributed by atoms with Gasteiger partial charge >= 0.3 is 5.97 Å². The zero-order valence-corrected chi connectivity index (χ0v) is 10.0. The third-order valence-corrected chi connectivity index (χ3v) is 3.18. The quantitative estimate of drug-likeness (QED) is 0.415. The summed E-state index contributed by atoms with van der Waals surface area (Å²) in [7, 11) is 0. The third-order valence-electron chi connectivity index (χ3n) is 3.18. The van der Waals surface area contributed by atoms with Gasteiger partial charge in [0.25, 0.3) is 0 Å². The second-order valence-electron chi connectivity index (χ2n) is 4.56. The van der Waals surface area contributed by atoms with Crippen LogP contribution in [0.5, 0.6) is 0 Å². The average Bonchev–Trinajstić information content (AvgIpc) is 2.29. The summed E-state index contributed by atoms with van der Waals surface area (Å²) in [6.45, 7) is 2.28. The number of carboxylic acid groups (broad SMARTS) is 1. The SMILES string of the molecule is CC(=NNCCCC1CCCCC1)C(=O)O. The van der Waals surface area contributed by atoms with E-state index in [2.05, 4.69) is 10.5 Å². The highest BCUT2D eigenvalue weighted by Crippen LogP contribution is 2.26. The maximum absolute atomic E-state index is 10.4. The first-order chi connectivity index (χ1) is 7.70. The Morgan fingerprint density at radius 3 is 2.69 bits per heavy atom. The Balaban J connectivity index is 2.03. The van der Waals surface area contributed by atoms with Crippen molar-refractivity contribution >= 4 is 11.7 Å². The Kier molecular flexibility index (Phi) is 5.90. The van der Waals surface area contributed by atoms with E-state index in [0.717, 1.165) is 18.9 Å². The fourth-order valence-corrected chi connectivity index (χ4v) is 2.17. The van der Waals surface area contributed by atoms with Crippen molar-refractivity contribution in [2.45, 2.75) is 51.9 Å². The van der Waals surface area contributed by atoms with E-state index < -0.39 is 5.97 Å². The van der Waals surface area contributed by atoms with Gasteiger partial charge in [-0.2, -0.15) is 5.10 Å². The van der Waals surface area contributed by atoms with Crippen LogP contribution in [0.15, 0.2) is 5.10 Å². The largest absolute Gasteiger partial charge is 0.477 e. The molecule has 1 fully saturated rings. The topological polar surface area (TPSA) is 61.7 Å². The van der Waals surface area contributed by atoms with E-state index in [4.69, 9.17) is 5.11 Å². The van der Waals surface area contributed by atoms with Gasteiger partial charge in [0.05, 0.1) is 0 Å². The molecule has 4 heteroatoms. The first kappa shape index (κ1) is 13.0. The number of hydrogen-bond acceptors (Lipinski definition) is 3. The number of nitrogens with zero attached hydrogens (tertiary/aromatic N) is 1. The lowest BCUT2D eigenvalue weighted by Gasteiger charge is -2.21. The van der Waals surface area contributed by atoms with Crippen molar-refractivity contribution in [3.8, 4) is 0 Å². The van der Waals surface area contributed by atoms with E-state index in [0.29, 0.717) is 0 Å². The number of hydrogen-bond donors (Lipinski definition) is 2. The first-order valence-electron chi connectivity index (χ1n) is 6.20. The van der Waals surface area contributed by atoms with Gasteiger partial charge in [-0.25, -0.2) is 4.79 Å². The van der Waals surface area contributed by atoms with Crippen LogP contribution in [0.4, 0.5) is 0 Å². The summed E-state index contributed by atoms with van der Waals surface area (Å²) in [6.07, 6.45) is 9.24. The van der Waals surface area contributed by atoms with Gasteiger partial charge in [-0.05, 0) is 25.7 Å². The van der Waals surface area contributed by atoms with Crippen molar-refractivity contribution in [2.24, 2.45) is 11.0 Å². The van der Waals surface area contributed by atoms with E-state index >= 15 is 0 Å². The molecule has 2 N–H and O–H groups in total. The Labute approximate surface area is 97.1 Å². The van der Waals surface area contributed by atoms with Crippen LogP contribution in [-0.4, -0.2) is 23.3 Å². The molecule has 1 saturated carbocycles. The number of aliphatic carboxylic acids is 1. The highest BCUT2D eigenvalue weighted by atomic mass is 16.4. The van der Waals surface area contributed by atoms with Crippen LogP contribution < -0.4 is 5.43 Å². The molecule has 1 aliphatic rings. The van der Waals surface area contributed by atoms with Crippen molar-refractivity contribution in [2.75, 3.05) is 6.54 Å². The summed E-state index contributed by atoms with van der Waals surface area (Å²) in [4.78, 5) is 10.4. The number of carboxylic acids is 1. The van der Waals surface area contributed by atoms with Crippen molar-refractivity contribution < 1.29 is 9.90 Å². The fourth-order valence-electron chi connectivity index (χ4n) is 2.17. The summed E-state index contributed by atoms with van der Waals surface area (Å²) >= 11 is 0. The first-order valence-corrected chi connectivity index (χ1v) is 6.20. The molecule has 0 bridgehead atoms. The minimum Gasteiger partial charge on any atom is -0.477 e. The molecule has 0 spiro atoms. The molecule has 1 aliphatic carbocycles. The zero-order valence-electron chi connectivity index (χ0n) is 10.0. The minimum atomic E-state index is -0.959. The second-order valence-corrected chi connectivity index (χ2v) is 4.56. The fraction of sp³-hybridized carbons (Fsp3) is 0.833. The smallest absolute Gasteiger partial charge is 0.351 e. The summed E-state index contributed by atoms with van der Waals surface area (Å²) in [5, 5.41) is 12.3. The molecule has 0 aromatic heterocycles. The molecule has 1 rings (SSSR count). The van der Waals surface area contributed by atoms with Gasteiger partial charge in [0, 0.05) is 6.54 Å². The van der Waals surface area contributed by atoms with Crippen LogP contribution >= 0.6 is 0 Å². The van der Waals surface area contributed by atoms with Gasteiger partial charge in [-0.1, -0.05) is 32.1 Å². The average molecular weight is 226 g/mol. The van der Waals surface area contributed by atoms with Crippen molar-refractivity contribution in [1.29, 1.82) is 0 Å². The van der Waals surface area contributed by atoms with Gasteiger partial charge in [0.2, 0.25) is 0 Å². The Hall–Kier alpha value is -1.06. The summed E-state index contributed by atoms with van der Waals surface area (Å²) in [5.41, 5.74) is 2.94. The lowest BCUT2D eigenvalue weighted by Crippen LogP contribution is -2.17. The summed E-state index contributed by atoms with van der Waals surface area (Å²) < 4.78 is 0. The summed E-state index contributed by atoms with van der Waals surface area (Å²) in [5.74, 6) is -0.0696. The molecule has 4 nitrogen and oxygen atoms in total. The minimum absolute atomic E-state index is 0.123. The van der Waals surface area contributed by atoms with Gasteiger partial charge < -0.3 is 10.5 Å². The second kappa shape index (κ2) is 7.25. The molecular weight excluding hydrogens is 204 g/mol. The van der Waals surface area contributed by atoms with E-state index in [1.54, 1.807) is 0 Å². The highest BCUT2D eigenvalue weighted by molar-refractivity contribution is 6.34. The Morgan fingerprint density at radius 1 is 1.38 bits per heavy atom. The maximum atomic E-state index is 10.4. The van der Waals surface area contributed by atoms with E-state index in [1.807, 2.05) is 0 Å². The molecule has 0 amide bonds. The molecule has 16 heavy (non-hydrogen) atoms. The number of hydrazone groups is 1. The molecule has 0 radical (unpaired) electrons. The number of rotatable bonds is 6. The van der Waals surface area contributed by atoms with E-state index in [1.165, 1.54) is 45.4 Å². The molecule has 0 atom stereocenters. The van der Waals surface area contributed by atoms with Crippen molar-refractivity contribution in [3.05, 3.63) is 0 Å². The predicted octanol–water partition coefficient (Wildman–Crippen LogP) is 2.40. The molecule has 0 unspecified atom stereocenters. The Bertz CT molecular complexity index is 245. The van der Waals surface area contributed by atoms with E-state index in [9.17, 15) is 4.79 Å². The number of carbonyl (C=O) groups is 1. The van der Waals surface area contributed by atoms with Gasteiger partial charge in [0.1, 0.15) is 5.71 Å². The molecule has 0 aliphatic heterocycles. The lowest BCUT2D eigenvalue weighted by atomic mass is 9.86. The van der Waals surface area contributed by atoms with Crippen molar-refractivity contribution in [3.63, 3.8) is 0 Å². The Morgan fingerprint density at radius 2 is 2.06 bits per heavy atom. The normalized spacial score (nSPS) is 18.4. The monoisotopic (exact) mass is 226 g/mol. The zero-order chi connectivity index (χ0) is 11.8. The van der Waals surface area contributed by atoms with E-state index in [-0.39, 0.29) is 5.71 Å². The van der Waals surface area contributed by atoms with Crippen LogP contribution in [0.2, 0.25) is 0 Å². The van der Waals surface area contributed by atoms with Crippen LogP contribution in [0.25, 0.3) is 0 Å². The third kappa shape index (κ3) is 5.14. The highest BCUT2D eigenvalue weighted by Gasteiger charge is 2.12. The predicted molar refractivity (Wildman–Crippen MR) is 64.6 cm³/mol. The lowest BCUT2D eigenvalue weighted by molar-refractivity contribution is -0.129. The molecule has 92 valence electrons. The maximum Gasteiger partial charge on any atom is 0.351 e. The summed E-state index contributed by atoms with van der Waals surface area (Å²) in [6, 6.07) is 0. The van der Waals surface area contributed by atoms with Gasteiger partial charge in [0.15, 0.2) is 0 Å². The van der Waals surface area contributed by atoms with Crippen LogP contribution in [0, 0.1) is 5.92 Å². The van der Waals surface area contributed by atoms with Crippen LogP contribution in [-0.2, 0) is 4.79 Å². The number of nitrogens with one attached hydrogen (secondary N) is 1. The van der Waals surface area contributed by atoms with Gasteiger partial charge in [-0.15, -0.1) is 0 Å². The molecule has 0 aromatic carbocycles. The van der Waals surface area contributed by atoms with Crippen LogP contribution in [0.1, 0.15) is 51.9 Å². The van der Waals surface area contributed by atoms with Crippen molar-refractivity contribution in [1.82, 2.24) is 5.43 Å². The molecule has 0 saturated heterocycles. The van der Waals surface area contributed by atoms with Crippen LogP contribution in [0.3, 0.4) is 0 Å². The molecular formula is C12H22N2O2.